The summed E-state index contributed by atoms with van der Waals surface area (Å²) in [5.74, 6) is 0. The van der Waals surface area contributed by atoms with Gasteiger partial charge in [-0.15, -0.1) is 11.3 Å². The number of nitrogens with one attached hydrogen (secondary N) is 1. The number of rotatable bonds is 2. The number of nitrogens with zero attached hydrogens (tertiary/aromatic N) is 3. The van der Waals surface area contributed by atoms with E-state index in [0.717, 1.165) is 30.0 Å². The Morgan fingerprint density at radius 1 is 1.55 bits per heavy atom. The Bertz CT molecular complexity index is 608. The molecule has 1 atom stereocenters. The first-order chi connectivity index (χ1) is 9.65. The molecule has 2 aromatic heterocycles. The zero-order chi connectivity index (χ0) is 14.1. The maximum atomic E-state index is 12.3. The quantitative estimate of drug-likeness (QED) is 0.924. The van der Waals surface area contributed by atoms with E-state index < -0.39 is 0 Å². The van der Waals surface area contributed by atoms with Crippen molar-refractivity contribution in [1.29, 1.82) is 0 Å². The van der Waals surface area contributed by atoms with Gasteiger partial charge in [-0.05, 0) is 37.7 Å². The van der Waals surface area contributed by atoms with Crippen molar-refractivity contribution in [2.45, 2.75) is 32.2 Å². The number of thiazole rings is 1. The highest BCUT2D eigenvalue weighted by Crippen LogP contribution is 2.37. The molecule has 0 saturated carbocycles. The molecule has 1 aliphatic carbocycles. The van der Waals surface area contributed by atoms with Crippen LogP contribution in [0.1, 0.15) is 34.5 Å². The number of urea groups is 1. The molecule has 0 aliphatic heterocycles. The van der Waals surface area contributed by atoms with Gasteiger partial charge < -0.3 is 10.2 Å². The van der Waals surface area contributed by atoms with Crippen LogP contribution in [0.4, 0.5) is 10.5 Å². The number of hydrogen-bond acceptors (Lipinski definition) is 5. The average Bonchev–Trinajstić information content (AvgIpc) is 3.05. The molecule has 0 radical (unpaired) electrons. The molecule has 3 rings (SSSR count). The monoisotopic (exact) mass is 308 g/mol. The summed E-state index contributed by atoms with van der Waals surface area (Å²) in [6.45, 7) is 2.02. The molecule has 1 aliphatic rings. The molecule has 5 nitrogen and oxygen atoms in total. The molecule has 1 N–H and O–H groups in total. The molecule has 0 aromatic carbocycles. The van der Waals surface area contributed by atoms with Crippen molar-refractivity contribution in [3.63, 3.8) is 0 Å². The number of anilines is 1. The molecular formula is C13H16N4OS2. The van der Waals surface area contributed by atoms with Crippen molar-refractivity contribution < 1.29 is 4.79 Å². The van der Waals surface area contributed by atoms with Gasteiger partial charge in [0.1, 0.15) is 0 Å². The minimum atomic E-state index is -0.0888. The lowest BCUT2D eigenvalue weighted by molar-refractivity contribution is 0.198. The lowest BCUT2D eigenvalue weighted by Crippen LogP contribution is -2.35. The first-order valence-electron chi connectivity index (χ1n) is 6.54. The van der Waals surface area contributed by atoms with Crippen LogP contribution < -0.4 is 5.32 Å². The van der Waals surface area contributed by atoms with Crippen molar-refractivity contribution in [3.8, 4) is 0 Å². The van der Waals surface area contributed by atoms with Gasteiger partial charge in [0, 0.05) is 12.4 Å². The second-order valence-corrected chi connectivity index (χ2v) is 6.80. The third kappa shape index (κ3) is 2.55. The van der Waals surface area contributed by atoms with Crippen LogP contribution in [0.5, 0.6) is 0 Å². The topological polar surface area (TPSA) is 58.1 Å². The largest absolute Gasteiger partial charge is 0.322 e. The number of aromatic nitrogens is 2. The summed E-state index contributed by atoms with van der Waals surface area (Å²) in [7, 11) is 1.85. The van der Waals surface area contributed by atoms with Crippen LogP contribution in [0.25, 0.3) is 0 Å². The smallest absolute Gasteiger partial charge is 0.320 e. The summed E-state index contributed by atoms with van der Waals surface area (Å²) in [4.78, 5) is 19.9. The molecule has 0 spiro atoms. The SMILES string of the molecule is Cc1nc2c(s1)C(N(C)C(=O)Nc1cnsc1)CCC2. The lowest BCUT2D eigenvalue weighted by atomic mass is 9.97. The lowest BCUT2D eigenvalue weighted by Gasteiger charge is -2.30. The van der Waals surface area contributed by atoms with Crippen LogP contribution in [0.15, 0.2) is 11.6 Å². The van der Waals surface area contributed by atoms with Crippen molar-refractivity contribution >= 4 is 34.6 Å². The first-order valence-corrected chi connectivity index (χ1v) is 8.20. The summed E-state index contributed by atoms with van der Waals surface area (Å²) in [5.41, 5.74) is 1.92. The van der Waals surface area contributed by atoms with Crippen molar-refractivity contribution in [2.24, 2.45) is 0 Å². The Hall–Kier alpha value is -1.47. The molecule has 0 bridgehead atoms. The predicted octanol–water partition coefficient (Wildman–Crippen LogP) is 3.45. The fourth-order valence-corrected chi connectivity index (χ4v) is 4.13. The standard InChI is InChI=1S/C13H16N4OS2/c1-8-15-10-4-3-5-11(12(10)20-8)17(2)13(18)16-9-6-14-19-7-9/h6-7,11H,3-5H2,1-2H3,(H,16,18). The van der Waals surface area contributed by atoms with Gasteiger partial charge in [-0.25, -0.2) is 9.78 Å². The number of aryl methyl sites for hydroxylation is 2. The van der Waals surface area contributed by atoms with Gasteiger partial charge in [0.25, 0.3) is 0 Å². The molecule has 2 heterocycles. The Balaban J connectivity index is 1.77. The number of carbonyl (C=O) groups is 1. The third-order valence-corrected chi connectivity index (χ3v) is 5.20. The van der Waals surface area contributed by atoms with E-state index in [1.165, 1.54) is 22.1 Å². The number of carbonyl (C=O) groups excluding carboxylic acids is 1. The van der Waals surface area contributed by atoms with Gasteiger partial charge in [0.05, 0.1) is 33.5 Å². The highest BCUT2D eigenvalue weighted by atomic mass is 32.1. The van der Waals surface area contributed by atoms with Gasteiger partial charge in [-0.1, -0.05) is 0 Å². The van der Waals surface area contributed by atoms with Crippen LogP contribution in [0.3, 0.4) is 0 Å². The van der Waals surface area contributed by atoms with E-state index >= 15 is 0 Å². The van der Waals surface area contributed by atoms with E-state index in [1.807, 2.05) is 19.4 Å². The minimum absolute atomic E-state index is 0.0888. The highest BCUT2D eigenvalue weighted by molar-refractivity contribution is 7.11. The molecule has 106 valence electrons. The zero-order valence-electron chi connectivity index (χ0n) is 11.4. The molecule has 0 saturated heterocycles. The summed E-state index contributed by atoms with van der Waals surface area (Å²) in [6, 6.07) is 0.0469. The fraction of sp³-hybridized carbons (Fsp3) is 0.462. The Morgan fingerprint density at radius 3 is 3.15 bits per heavy atom. The molecule has 20 heavy (non-hydrogen) atoms. The first kappa shape index (κ1) is 13.5. The molecule has 0 fully saturated rings. The van der Waals surface area contributed by atoms with Crippen molar-refractivity contribution in [1.82, 2.24) is 14.3 Å². The van der Waals surface area contributed by atoms with Gasteiger partial charge >= 0.3 is 6.03 Å². The van der Waals surface area contributed by atoms with Crippen LogP contribution >= 0.6 is 22.9 Å². The van der Waals surface area contributed by atoms with Crippen molar-refractivity contribution in [2.75, 3.05) is 12.4 Å². The Labute approximate surface area is 125 Å². The number of hydrogen-bond donors (Lipinski definition) is 1. The van der Waals surface area contributed by atoms with E-state index in [1.54, 1.807) is 22.4 Å². The Kier molecular flexibility index (Phi) is 3.71. The highest BCUT2D eigenvalue weighted by Gasteiger charge is 2.29. The van der Waals surface area contributed by atoms with Gasteiger partial charge in [0.15, 0.2) is 0 Å². The number of amides is 2. The van der Waals surface area contributed by atoms with E-state index in [4.69, 9.17) is 0 Å². The van der Waals surface area contributed by atoms with E-state index in [0.29, 0.717) is 0 Å². The van der Waals surface area contributed by atoms with Crippen LogP contribution in [-0.4, -0.2) is 27.3 Å². The maximum absolute atomic E-state index is 12.3. The van der Waals surface area contributed by atoms with E-state index in [9.17, 15) is 4.79 Å². The summed E-state index contributed by atoms with van der Waals surface area (Å²) in [5, 5.41) is 5.79. The van der Waals surface area contributed by atoms with Crippen molar-refractivity contribution in [3.05, 3.63) is 27.2 Å². The normalized spacial score (nSPS) is 17.6. The molecule has 2 aromatic rings. The second kappa shape index (κ2) is 5.49. The maximum Gasteiger partial charge on any atom is 0.322 e. The molecular weight excluding hydrogens is 292 g/mol. The summed E-state index contributed by atoms with van der Waals surface area (Å²) in [6.07, 6.45) is 4.78. The Morgan fingerprint density at radius 2 is 2.40 bits per heavy atom. The second-order valence-electron chi connectivity index (χ2n) is 4.91. The zero-order valence-corrected chi connectivity index (χ0v) is 13.1. The molecule has 1 unspecified atom stereocenters. The number of fused-ring (bicyclic) bond motifs is 1. The van der Waals surface area contributed by atoms with Gasteiger partial charge in [-0.2, -0.15) is 4.37 Å². The predicted molar refractivity (Wildman–Crippen MR) is 81.4 cm³/mol. The fourth-order valence-electron chi connectivity index (χ4n) is 2.51. The van der Waals surface area contributed by atoms with E-state index in [2.05, 4.69) is 14.7 Å². The average molecular weight is 308 g/mol. The minimum Gasteiger partial charge on any atom is -0.320 e. The van der Waals surface area contributed by atoms with Crippen LogP contribution in [0.2, 0.25) is 0 Å². The van der Waals surface area contributed by atoms with E-state index in [-0.39, 0.29) is 12.1 Å². The summed E-state index contributed by atoms with van der Waals surface area (Å²) >= 11 is 3.04. The third-order valence-electron chi connectivity index (χ3n) is 3.50. The van der Waals surface area contributed by atoms with Crippen LogP contribution in [-0.2, 0) is 6.42 Å². The molecule has 7 heteroatoms. The summed E-state index contributed by atoms with van der Waals surface area (Å²) < 4.78 is 3.99. The van der Waals surface area contributed by atoms with Gasteiger partial charge in [-0.3, -0.25) is 0 Å². The van der Waals surface area contributed by atoms with Gasteiger partial charge in [0.2, 0.25) is 0 Å². The molecule has 2 amide bonds. The van der Waals surface area contributed by atoms with Crippen LogP contribution in [0, 0.1) is 6.92 Å².